The van der Waals surface area contributed by atoms with Crippen molar-refractivity contribution in [1.29, 1.82) is 0 Å². The highest BCUT2D eigenvalue weighted by atomic mass is 15.0. The van der Waals surface area contributed by atoms with E-state index in [1.54, 1.807) is 0 Å². The molecule has 0 saturated heterocycles. The van der Waals surface area contributed by atoms with Gasteiger partial charge in [-0.15, -0.1) is 0 Å². The lowest BCUT2D eigenvalue weighted by molar-refractivity contribution is 1.18. The van der Waals surface area contributed by atoms with Gasteiger partial charge in [-0.3, -0.25) is 0 Å². The molecule has 0 bridgehead atoms. The van der Waals surface area contributed by atoms with Gasteiger partial charge in [-0.25, -0.2) is 9.97 Å². The zero-order valence-corrected chi connectivity index (χ0v) is 34.7. The monoisotopic (exact) mass is 814 g/mol. The van der Waals surface area contributed by atoms with E-state index < -0.39 is 0 Å². The first-order chi connectivity index (χ1) is 31.7. The van der Waals surface area contributed by atoms with Crippen molar-refractivity contribution in [3.05, 3.63) is 231 Å². The summed E-state index contributed by atoms with van der Waals surface area (Å²) in [4.78, 5) is 10.3. The Morgan fingerprint density at radius 2 is 0.859 bits per heavy atom. The van der Waals surface area contributed by atoms with Crippen LogP contribution in [-0.2, 0) is 0 Å². The van der Waals surface area contributed by atoms with Crippen molar-refractivity contribution in [1.82, 2.24) is 19.1 Å². The maximum atomic E-state index is 5.23. The van der Waals surface area contributed by atoms with Gasteiger partial charge < -0.3 is 9.13 Å². The van der Waals surface area contributed by atoms with Crippen molar-refractivity contribution in [2.75, 3.05) is 0 Å². The highest BCUT2D eigenvalue weighted by Gasteiger charge is 2.20. The molecule has 4 heteroatoms. The van der Waals surface area contributed by atoms with E-state index in [0.717, 1.165) is 55.7 Å². The van der Waals surface area contributed by atoms with E-state index >= 15 is 0 Å². The van der Waals surface area contributed by atoms with Gasteiger partial charge in [0, 0.05) is 49.3 Å². The van der Waals surface area contributed by atoms with E-state index in [1.165, 1.54) is 60.0 Å². The SMILES string of the molecule is c1ccc(-c2cc(-c3ccc(-n4c5ccccc5c5cc(-c6ccc7c(c6)c6c8ccccc8ccc6n7-c6ccccc6)ccc54)c4ccccc34)nc(-c3ccccc3)n2)cc1. The minimum absolute atomic E-state index is 0.706. The van der Waals surface area contributed by atoms with Gasteiger partial charge in [0.15, 0.2) is 5.82 Å². The summed E-state index contributed by atoms with van der Waals surface area (Å²) in [6.07, 6.45) is 0. The molecule has 3 heterocycles. The van der Waals surface area contributed by atoms with Crippen molar-refractivity contribution >= 4 is 65.2 Å². The van der Waals surface area contributed by atoms with Crippen LogP contribution in [0.4, 0.5) is 0 Å². The Kier molecular flexibility index (Phi) is 8.18. The average molecular weight is 815 g/mol. The van der Waals surface area contributed by atoms with E-state index in [2.05, 4.69) is 215 Å². The summed E-state index contributed by atoms with van der Waals surface area (Å²) < 4.78 is 4.84. The van der Waals surface area contributed by atoms with Gasteiger partial charge in [0.2, 0.25) is 0 Å². The molecule has 13 rings (SSSR count). The van der Waals surface area contributed by atoms with Crippen LogP contribution in [0.1, 0.15) is 0 Å². The fraction of sp³-hybridized carbons (Fsp3) is 0. The van der Waals surface area contributed by atoms with E-state index in [-0.39, 0.29) is 0 Å². The normalized spacial score (nSPS) is 11.8. The van der Waals surface area contributed by atoms with Crippen LogP contribution in [0.25, 0.3) is 122 Å². The summed E-state index contributed by atoms with van der Waals surface area (Å²) >= 11 is 0. The first kappa shape index (κ1) is 36.1. The summed E-state index contributed by atoms with van der Waals surface area (Å²) in [5.41, 5.74) is 14.3. The Balaban J connectivity index is 0.987. The highest BCUT2D eigenvalue weighted by Crippen LogP contribution is 2.42. The Morgan fingerprint density at radius 1 is 0.297 bits per heavy atom. The van der Waals surface area contributed by atoms with Crippen LogP contribution in [0.5, 0.6) is 0 Å². The fourth-order valence-electron chi connectivity index (χ4n) is 10.00. The molecular formula is C60H38N4. The molecule has 0 fully saturated rings. The van der Waals surface area contributed by atoms with E-state index in [1.807, 2.05) is 24.3 Å². The van der Waals surface area contributed by atoms with Crippen molar-refractivity contribution < 1.29 is 0 Å². The molecule has 13 aromatic rings. The van der Waals surface area contributed by atoms with Crippen LogP contribution >= 0.6 is 0 Å². The van der Waals surface area contributed by atoms with Crippen LogP contribution in [-0.4, -0.2) is 19.1 Å². The number of fused-ring (bicyclic) bond motifs is 9. The number of aromatic nitrogens is 4. The number of nitrogens with zero attached hydrogens (tertiary/aromatic N) is 4. The summed E-state index contributed by atoms with van der Waals surface area (Å²) in [6, 6.07) is 82.8. The molecule has 0 atom stereocenters. The Bertz CT molecular complexity index is 3880. The maximum absolute atomic E-state index is 5.23. The lowest BCUT2D eigenvalue weighted by atomic mass is 9.98. The standard InChI is InChI=1S/C60H38N4/c1-4-17-40(18-5-1)52-38-53(62-60(61-52)41-19-6-2-7-20-41)47-31-35-55(48-25-13-12-24-46(47)48)64-54-27-15-14-26-49(54)50-36-42(29-32-56(50)64)43-30-33-57-51(37-43)59-45-23-11-10-16-39(45)28-34-58(59)63(57)44-21-8-3-9-22-44/h1-38H. The largest absolute Gasteiger partial charge is 0.309 e. The molecule has 298 valence electrons. The Morgan fingerprint density at radius 3 is 1.62 bits per heavy atom. The van der Waals surface area contributed by atoms with E-state index in [0.29, 0.717) is 5.82 Å². The second kappa shape index (κ2) is 14.5. The quantitative estimate of drug-likeness (QED) is 0.168. The molecular weight excluding hydrogens is 777 g/mol. The van der Waals surface area contributed by atoms with Gasteiger partial charge >= 0.3 is 0 Å². The second-order valence-electron chi connectivity index (χ2n) is 16.5. The molecule has 4 nitrogen and oxygen atoms in total. The van der Waals surface area contributed by atoms with Crippen LogP contribution < -0.4 is 0 Å². The minimum Gasteiger partial charge on any atom is -0.309 e. The van der Waals surface area contributed by atoms with Gasteiger partial charge in [-0.1, -0.05) is 170 Å². The number of rotatable bonds is 6. The summed E-state index contributed by atoms with van der Waals surface area (Å²) in [6.45, 7) is 0. The van der Waals surface area contributed by atoms with Gasteiger partial charge in [0.1, 0.15) is 0 Å². The third kappa shape index (κ3) is 5.70. The number of hydrogen-bond acceptors (Lipinski definition) is 2. The smallest absolute Gasteiger partial charge is 0.160 e. The minimum atomic E-state index is 0.706. The lowest BCUT2D eigenvalue weighted by Gasteiger charge is -2.16. The molecule has 0 saturated carbocycles. The molecule has 0 aliphatic rings. The molecule has 0 N–H and O–H groups in total. The van der Waals surface area contributed by atoms with Crippen molar-refractivity contribution in [2.24, 2.45) is 0 Å². The van der Waals surface area contributed by atoms with Gasteiger partial charge in [-0.05, 0) is 87.9 Å². The molecule has 0 aliphatic carbocycles. The molecule has 10 aromatic carbocycles. The molecule has 0 spiro atoms. The molecule has 3 aromatic heterocycles. The summed E-state index contributed by atoms with van der Waals surface area (Å²) in [7, 11) is 0. The zero-order valence-electron chi connectivity index (χ0n) is 34.7. The van der Waals surface area contributed by atoms with Crippen LogP contribution in [0.15, 0.2) is 231 Å². The topological polar surface area (TPSA) is 35.6 Å². The van der Waals surface area contributed by atoms with Gasteiger partial charge in [0.05, 0.1) is 39.1 Å². The van der Waals surface area contributed by atoms with Crippen molar-refractivity contribution in [3.8, 4) is 56.4 Å². The molecule has 0 unspecified atom stereocenters. The Labute approximate surface area is 369 Å². The summed E-state index contributed by atoms with van der Waals surface area (Å²) in [5, 5.41) is 9.76. The van der Waals surface area contributed by atoms with Crippen LogP contribution in [0, 0.1) is 0 Å². The number of benzene rings is 10. The predicted molar refractivity (Wildman–Crippen MR) is 267 cm³/mol. The molecule has 0 radical (unpaired) electrons. The highest BCUT2D eigenvalue weighted by molar-refractivity contribution is 6.22. The summed E-state index contributed by atoms with van der Waals surface area (Å²) in [5.74, 6) is 0.706. The average Bonchev–Trinajstić information content (AvgIpc) is 3.89. The predicted octanol–water partition coefficient (Wildman–Crippen LogP) is 15.6. The van der Waals surface area contributed by atoms with Gasteiger partial charge in [0.25, 0.3) is 0 Å². The van der Waals surface area contributed by atoms with E-state index in [4.69, 9.17) is 9.97 Å². The van der Waals surface area contributed by atoms with E-state index in [9.17, 15) is 0 Å². The van der Waals surface area contributed by atoms with Gasteiger partial charge in [-0.2, -0.15) is 0 Å². The van der Waals surface area contributed by atoms with Crippen molar-refractivity contribution in [3.63, 3.8) is 0 Å². The first-order valence-corrected chi connectivity index (χ1v) is 21.8. The van der Waals surface area contributed by atoms with Crippen molar-refractivity contribution in [2.45, 2.75) is 0 Å². The number of para-hydroxylation sites is 2. The fourth-order valence-corrected chi connectivity index (χ4v) is 10.00. The lowest BCUT2D eigenvalue weighted by Crippen LogP contribution is -1.99. The van der Waals surface area contributed by atoms with Crippen LogP contribution in [0.2, 0.25) is 0 Å². The molecule has 0 amide bonds. The maximum Gasteiger partial charge on any atom is 0.160 e. The third-order valence-corrected chi connectivity index (χ3v) is 12.9. The zero-order chi connectivity index (χ0) is 42.1. The first-order valence-electron chi connectivity index (χ1n) is 21.8. The molecule has 0 aliphatic heterocycles. The molecule has 64 heavy (non-hydrogen) atoms. The Hall–Kier alpha value is -8.60. The third-order valence-electron chi connectivity index (χ3n) is 12.9. The second-order valence-corrected chi connectivity index (χ2v) is 16.5. The number of hydrogen-bond donors (Lipinski definition) is 0. The van der Waals surface area contributed by atoms with Crippen LogP contribution in [0.3, 0.4) is 0 Å².